The molecule has 0 N–H and O–H groups in total. The molecule has 1 saturated carbocycles. The average Bonchev–Trinajstić information content (AvgIpc) is 2.85. The van der Waals surface area contributed by atoms with Crippen molar-refractivity contribution < 1.29 is 0 Å². The smallest absolute Gasteiger partial charge is 0.00285 e. The summed E-state index contributed by atoms with van der Waals surface area (Å²) in [7, 11) is 0. The fourth-order valence-electron chi connectivity index (χ4n) is 4.90. The van der Waals surface area contributed by atoms with E-state index in [2.05, 4.69) is 154 Å². The van der Waals surface area contributed by atoms with Gasteiger partial charge < -0.3 is 0 Å². The van der Waals surface area contributed by atoms with Crippen LogP contribution in [0, 0.1) is 11.3 Å². The Bertz CT molecular complexity index is 1100. The second kappa shape index (κ2) is 19.3. The van der Waals surface area contributed by atoms with Crippen molar-refractivity contribution in [3.8, 4) is 0 Å². The molecule has 218 valence electrons. The van der Waals surface area contributed by atoms with Crippen molar-refractivity contribution in [1.82, 2.24) is 0 Å². The molecule has 1 unspecified atom stereocenters. The Kier molecular flexibility index (Phi) is 16.9. The van der Waals surface area contributed by atoms with E-state index in [1.807, 2.05) is 0 Å². The number of rotatable bonds is 14. The number of hydrogen-bond donors (Lipinski definition) is 0. The summed E-state index contributed by atoms with van der Waals surface area (Å²) in [6.45, 7) is 24.3. The van der Waals surface area contributed by atoms with E-state index < -0.39 is 0 Å². The van der Waals surface area contributed by atoms with Crippen LogP contribution in [0.3, 0.4) is 0 Å². The molecule has 1 rings (SSSR count). The van der Waals surface area contributed by atoms with Gasteiger partial charge in [0.25, 0.3) is 0 Å². The Hall–Kier alpha value is -2.86. The van der Waals surface area contributed by atoms with Gasteiger partial charge in [0.2, 0.25) is 0 Å². The van der Waals surface area contributed by atoms with E-state index in [1.54, 1.807) is 0 Å². The van der Waals surface area contributed by atoms with E-state index in [0.29, 0.717) is 11.3 Å². The van der Waals surface area contributed by atoms with E-state index in [4.69, 9.17) is 0 Å². The predicted octanol–water partition coefficient (Wildman–Crippen LogP) is 12.9. The van der Waals surface area contributed by atoms with E-state index in [-0.39, 0.29) is 0 Å². The van der Waals surface area contributed by atoms with Crippen LogP contribution in [-0.4, -0.2) is 0 Å². The van der Waals surface area contributed by atoms with E-state index in [9.17, 15) is 0 Å². The van der Waals surface area contributed by atoms with Gasteiger partial charge in [-0.3, -0.25) is 0 Å². The van der Waals surface area contributed by atoms with Crippen molar-refractivity contribution >= 4 is 0 Å². The highest BCUT2D eigenvalue weighted by Crippen LogP contribution is 2.43. The van der Waals surface area contributed by atoms with Gasteiger partial charge in [-0.25, -0.2) is 0 Å². The van der Waals surface area contributed by atoms with Crippen molar-refractivity contribution in [3.63, 3.8) is 0 Å². The molecule has 40 heavy (non-hydrogen) atoms. The molecule has 1 fully saturated rings. The van der Waals surface area contributed by atoms with Crippen LogP contribution < -0.4 is 0 Å². The molecule has 0 aromatic heterocycles. The molecule has 0 radical (unpaired) electrons. The van der Waals surface area contributed by atoms with Crippen molar-refractivity contribution in [1.29, 1.82) is 0 Å². The fourth-order valence-corrected chi connectivity index (χ4v) is 4.90. The predicted molar refractivity (Wildman–Crippen MR) is 184 cm³/mol. The van der Waals surface area contributed by atoms with Crippen LogP contribution in [-0.2, 0) is 0 Å². The summed E-state index contributed by atoms with van der Waals surface area (Å²) in [6, 6.07) is 0. The largest absolute Gasteiger partial charge is 0.0992 e. The number of allylic oxidation sites excluding steroid dienone is 21. The molecule has 0 aliphatic heterocycles. The third-order valence-electron chi connectivity index (χ3n) is 7.56. The lowest BCUT2D eigenvalue weighted by Crippen LogP contribution is -2.27. The zero-order chi connectivity index (χ0) is 30.0. The van der Waals surface area contributed by atoms with Crippen LogP contribution >= 0.6 is 0 Å². The minimum absolute atomic E-state index is 0.313. The molecular formula is C40H58. The van der Waals surface area contributed by atoms with Crippen molar-refractivity contribution in [2.75, 3.05) is 0 Å². The molecule has 1 aliphatic rings. The molecule has 0 heterocycles. The summed E-state index contributed by atoms with van der Waals surface area (Å²) in [6.07, 6.45) is 39.2. The molecular weight excluding hydrogens is 480 g/mol. The van der Waals surface area contributed by atoms with Gasteiger partial charge in [-0.2, -0.15) is 0 Å². The first-order chi connectivity index (χ1) is 18.9. The first-order valence-electron chi connectivity index (χ1n) is 15.3. The van der Waals surface area contributed by atoms with Crippen molar-refractivity contribution in [2.24, 2.45) is 11.3 Å². The topological polar surface area (TPSA) is 0 Å². The third kappa shape index (κ3) is 16.3. The Morgan fingerprint density at radius 1 is 0.700 bits per heavy atom. The van der Waals surface area contributed by atoms with Gasteiger partial charge in [0, 0.05) is 5.92 Å². The summed E-state index contributed by atoms with van der Waals surface area (Å²) in [5.74, 6) is 0.478. The Labute approximate surface area is 248 Å². The molecule has 0 spiro atoms. The highest BCUT2D eigenvalue weighted by atomic mass is 14.4. The summed E-state index contributed by atoms with van der Waals surface area (Å²) < 4.78 is 0. The van der Waals surface area contributed by atoms with Crippen molar-refractivity contribution in [3.05, 3.63) is 131 Å². The summed E-state index contributed by atoms with van der Waals surface area (Å²) >= 11 is 0. The lowest BCUT2D eigenvalue weighted by Gasteiger charge is -2.38. The first-order valence-corrected chi connectivity index (χ1v) is 15.3. The standard InChI is InChI=1S/C40H58/c1-32(2)18-13-21-35(5)24-15-26-36(6)25-14-22-33(3)19-11-12-20-34(4)23-16-27-37(7)29-30-39-38(8)28-17-31-40(39,9)10/h11-12,14,16,18-20,22-25,27,29-30,39H,8,13,15,17,21,26,28,31H2,1-7,9-10H3. The maximum absolute atomic E-state index is 4.34. The SMILES string of the molecule is C=C1CCCC(C)(C)C1C=CC(C)=CC=CC(C)=CC=CC=C(C)C=CC=C(C)CCC=C(C)CCC=C(C)C. The second-order valence-corrected chi connectivity index (χ2v) is 12.6. The monoisotopic (exact) mass is 538 g/mol. The zero-order valence-corrected chi connectivity index (χ0v) is 27.3. The minimum Gasteiger partial charge on any atom is -0.0992 e. The van der Waals surface area contributed by atoms with Crippen LogP contribution in [0.25, 0.3) is 0 Å². The Morgan fingerprint density at radius 2 is 1.23 bits per heavy atom. The van der Waals surface area contributed by atoms with Crippen molar-refractivity contribution in [2.45, 2.75) is 107 Å². The van der Waals surface area contributed by atoms with E-state index >= 15 is 0 Å². The third-order valence-corrected chi connectivity index (χ3v) is 7.56. The molecule has 0 amide bonds. The molecule has 0 aromatic carbocycles. The normalized spacial score (nSPS) is 20.1. The lowest BCUT2D eigenvalue weighted by atomic mass is 9.66. The fraction of sp³-hybridized carbons (Fsp3) is 0.450. The molecule has 0 aromatic rings. The van der Waals surface area contributed by atoms with Gasteiger partial charge in [-0.15, -0.1) is 0 Å². The Balaban J connectivity index is 2.51. The summed E-state index contributed by atoms with van der Waals surface area (Å²) in [5.41, 5.74) is 9.76. The number of hydrogen-bond acceptors (Lipinski definition) is 0. The van der Waals surface area contributed by atoms with Gasteiger partial charge in [-0.05, 0) is 98.8 Å². The molecule has 1 aliphatic carbocycles. The zero-order valence-electron chi connectivity index (χ0n) is 27.3. The van der Waals surface area contributed by atoms with Crippen LogP contribution in [0.15, 0.2) is 131 Å². The molecule has 0 bridgehead atoms. The highest BCUT2D eigenvalue weighted by Gasteiger charge is 2.32. The first kappa shape index (κ1) is 35.2. The highest BCUT2D eigenvalue weighted by molar-refractivity contribution is 5.31. The maximum Gasteiger partial charge on any atom is 0.00285 e. The molecule has 1 atom stereocenters. The van der Waals surface area contributed by atoms with Gasteiger partial charge in [0.1, 0.15) is 0 Å². The van der Waals surface area contributed by atoms with Gasteiger partial charge >= 0.3 is 0 Å². The molecule has 0 nitrogen and oxygen atoms in total. The van der Waals surface area contributed by atoms with Gasteiger partial charge in [0.15, 0.2) is 0 Å². The van der Waals surface area contributed by atoms with Crippen LogP contribution in [0.2, 0.25) is 0 Å². The van der Waals surface area contributed by atoms with Gasteiger partial charge in [-0.1, -0.05) is 145 Å². The maximum atomic E-state index is 4.34. The second-order valence-electron chi connectivity index (χ2n) is 12.6. The summed E-state index contributed by atoms with van der Waals surface area (Å²) in [5, 5.41) is 0. The molecule has 0 saturated heterocycles. The van der Waals surface area contributed by atoms with E-state index in [1.165, 1.54) is 58.3 Å². The van der Waals surface area contributed by atoms with Crippen LogP contribution in [0.5, 0.6) is 0 Å². The van der Waals surface area contributed by atoms with E-state index in [0.717, 1.165) is 25.7 Å². The quantitative estimate of drug-likeness (QED) is 0.152. The Morgan fingerprint density at radius 3 is 1.82 bits per heavy atom. The minimum atomic E-state index is 0.313. The average molecular weight is 539 g/mol. The lowest BCUT2D eigenvalue weighted by molar-refractivity contribution is 0.228. The van der Waals surface area contributed by atoms with Crippen LogP contribution in [0.1, 0.15) is 107 Å². The molecule has 0 heteroatoms. The summed E-state index contributed by atoms with van der Waals surface area (Å²) in [4.78, 5) is 0. The van der Waals surface area contributed by atoms with Crippen LogP contribution in [0.4, 0.5) is 0 Å². The van der Waals surface area contributed by atoms with Gasteiger partial charge in [0.05, 0.1) is 0 Å².